The molecule has 0 spiro atoms. The lowest BCUT2D eigenvalue weighted by Crippen LogP contribution is -2.38. The van der Waals surface area contributed by atoms with Crippen LogP contribution in [0.15, 0.2) is 42.5 Å². The number of aliphatic hydroxyl groups excluding tert-OH is 1. The summed E-state index contributed by atoms with van der Waals surface area (Å²) in [7, 11) is 0. The monoisotopic (exact) mass is 372 g/mol. The molecule has 5 heteroatoms. The van der Waals surface area contributed by atoms with Crippen LogP contribution in [0.5, 0.6) is 0 Å². The number of aryl methyl sites for hydroxylation is 2. The van der Waals surface area contributed by atoms with E-state index in [1.54, 1.807) is 4.90 Å². The number of hydrogen-bond donors (Lipinski definition) is 1. The molecular formula is C21H25ClN2O2. The van der Waals surface area contributed by atoms with E-state index in [4.69, 9.17) is 11.6 Å². The van der Waals surface area contributed by atoms with Crippen molar-refractivity contribution < 1.29 is 9.90 Å². The first-order valence-electron chi connectivity index (χ1n) is 8.95. The molecule has 4 nitrogen and oxygen atoms in total. The Balaban J connectivity index is 1.92. The predicted octanol–water partition coefficient (Wildman–Crippen LogP) is 3.56. The molecule has 1 fully saturated rings. The summed E-state index contributed by atoms with van der Waals surface area (Å²) in [5.74, 6) is 0.0945. The van der Waals surface area contributed by atoms with Crippen molar-refractivity contribution in [3.05, 3.63) is 64.2 Å². The quantitative estimate of drug-likeness (QED) is 0.843. The summed E-state index contributed by atoms with van der Waals surface area (Å²) in [6.45, 7) is 5.82. The highest BCUT2D eigenvalue weighted by Gasteiger charge is 2.33. The average molecular weight is 373 g/mol. The average Bonchev–Trinajstić information content (AvgIpc) is 2.98. The minimum Gasteiger partial charge on any atom is -0.395 e. The fourth-order valence-corrected chi connectivity index (χ4v) is 3.63. The molecule has 0 aliphatic carbocycles. The van der Waals surface area contributed by atoms with E-state index in [0.29, 0.717) is 19.5 Å². The number of carbonyl (C=O) groups is 1. The molecule has 1 aliphatic heterocycles. The van der Waals surface area contributed by atoms with Gasteiger partial charge in [0.2, 0.25) is 5.91 Å². The van der Waals surface area contributed by atoms with Crippen molar-refractivity contribution in [3.8, 4) is 0 Å². The summed E-state index contributed by atoms with van der Waals surface area (Å²) in [4.78, 5) is 16.3. The molecule has 1 aliphatic rings. The van der Waals surface area contributed by atoms with Crippen LogP contribution in [-0.2, 0) is 11.3 Å². The highest BCUT2D eigenvalue weighted by molar-refractivity contribution is 6.31. The standard InChI is InChI=1S/C21H25ClN2O2/c1-15-5-3-4-6-17(15)13-24(18-8-7-16(2)20(22)11-18)19-12-21(26)23(14-19)9-10-25/h3-8,11,19,25H,9-10,12-14H2,1-2H3. The second-order valence-corrected chi connectivity index (χ2v) is 7.32. The van der Waals surface area contributed by atoms with Crippen LogP contribution < -0.4 is 4.90 Å². The molecule has 26 heavy (non-hydrogen) atoms. The van der Waals surface area contributed by atoms with Crippen molar-refractivity contribution in [2.24, 2.45) is 0 Å². The third kappa shape index (κ3) is 4.02. The zero-order chi connectivity index (χ0) is 18.7. The predicted molar refractivity (Wildman–Crippen MR) is 106 cm³/mol. The van der Waals surface area contributed by atoms with Crippen molar-refractivity contribution >= 4 is 23.2 Å². The summed E-state index contributed by atoms with van der Waals surface area (Å²) in [6.07, 6.45) is 0.456. The van der Waals surface area contributed by atoms with Crippen LogP contribution >= 0.6 is 11.6 Å². The molecule has 138 valence electrons. The van der Waals surface area contributed by atoms with Gasteiger partial charge in [-0.1, -0.05) is 41.9 Å². The van der Waals surface area contributed by atoms with Gasteiger partial charge < -0.3 is 14.9 Å². The van der Waals surface area contributed by atoms with Crippen LogP contribution in [-0.4, -0.2) is 41.7 Å². The molecular weight excluding hydrogens is 348 g/mol. The summed E-state index contributed by atoms with van der Waals surface area (Å²) in [5, 5.41) is 9.93. The number of benzene rings is 2. The Morgan fingerprint density at radius 1 is 1.19 bits per heavy atom. The van der Waals surface area contributed by atoms with Gasteiger partial charge >= 0.3 is 0 Å². The van der Waals surface area contributed by atoms with Gasteiger partial charge in [0.1, 0.15) is 0 Å². The van der Waals surface area contributed by atoms with Crippen molar-refractivity contribution in [3.63, 3.8) is 0 Å². The third-order valence-electron chi connectivity index (χ3n) is 5.09. The van der Waals surface area contributed by atoms with Crippen LogP contribution in [0.2, 0.25) is 5.02 Å². The highest BCUT2D eigenvalue weighted by atomic mass is 35.5. The van der Waals surface area contributed by atoms with Crippen molar-refractivity contribution in [2.75, 3.05) is 24.6 Å². The number of hydrogen-bond acceptors (Lipinski definition) is 3. The van der Waals surface area contributed by atoms with Gasteiger partial charge in [-0.05, 0) is 42.7 Å². The van der Waals surface area contributed by atoms with Gasteiger partial charge in [-0.2, -0.15) is 0 Å². The molecule has 1 saturated heterocycles. The molecule has 1 unspecified atom stereocenters. The number of halogens is 1. The largest absolute Gasteiger partial charge is 0.395 e. The van der Waals surface area contributed by atoms with E-state index in [1.165, 1.54) is 11.1 Å². The SMILES string of the molecule is Cc1ccc(N(Cc2ccccc2C)C2CC(=O)N(CCO)C2)cc1Cl. The van der Waals surface area contributed by atoms with E-state index in [-0.39, 0.29) is 18.6 Å². The van der Waals surface area contributed by atoms with Gasteiger partial charge in [0.25, 0.3) is 0 Å². The van der Waals surface area contributed by atoms with Crippen LogP contribution in [0.1, 0.15) is 23.1 Å². The van der Waals surface area contributed by atoms with E-state index in [2.05, 4.69) is 30.0 Å². The second kappa shape index (κ2) is 8.11. The first kappa shape index (κ1) is 18.7. The Hall–Kier alpha value is -2.04. The number of amides is 1. The first-order chi connectivity index (χ1) is 12.5. The fraction of sp³-hybridized carbons (Fsp3) is 0.381. The first-order valence-corrected chi connectivity index (χ1v) is 9.33. The zero-order valence-electron chi connectivity index (χ0n) is 15.3. The number of likely N-dealkylation sites (tertiary alicyclic amines) is 1. The lowest BCUT2D eigenvalue weighted by atomic mass is 10.1. The normalized spacial score (nSPS) is 17.0. The summed E-state index contributed by atoms with van der Waals surface area (Å²) < 4.78 is 0. The third-order valence-corrected chi connectivity index (χ3v) is 5.50. The maximum Gasteiger partial charge on any atom is 0.224 e. The minimum atomic E-state index is -0.00733. The molecule has 0 radical (unpaired) electrons. The van der Waals surface area contributed by atoms with Crippen LogP contribution in [0.4, 0.5) is 5.69 Å². The Kier molecular flexibility index (Phi) is 5.84. The number of nitrogens with zero attached hydrogens (tertiary/aromatic N) is 2. The van der Waals surface area contributed by atoms with Gasteiger partial charge in [-0.3, -0.25) is 4.79 Å². The van der Waals surface area contributed by atoms with Crippen molar-refractivity contribution in [2.45, 2.75) is 32.9 Å². The van der Waals surface area contributed by atoms with Gasteiger partial charge in [0, 0.05) is 36.8 Å². The molecule has 0 bridgehead atoms. The van der Waals surface area contributed by atoms with E-state index < -0.39 is 0 Å². The van der Waals surface area contributed by atoms with E-state index in [9.17, 15) is 9.90 Å². The van der Waals surface area contributed by atoms with Crippen LogP contribution in [0.25, 0.3) is 0 Å². The Morgan fingerprint density at radius 3 is 2.65 bits per heavy atom. The van der Waals surface area contributed by atoms with Gasteiger partial charge in [-0.25, -0.2) is 0 Å². The number of aliphatic hydroxyl groups is 1. The second-order valence-electron chi connectivity index (χ2n) is 6.91. The topological polar surface area (TPSA) is 43.8 Å². The lowest BCUT2D eigenvalue weighted by molar-refractivity contribution is -0.128. The highest BCUT2D eigenvalue weighted by Crippen LogP contribution is 2.30. The molecule has 2 aromatic rings. The molecule has 1 heterocycles. The van der Waals surface area contributed by atoms with Crippen LogP contribution in [0, 0.1) is 13.8 Å². The maximum absolute atomic E-state index is 12.3. The van der Waals surface area contributed by atoms with E-state index >= 15 is 0 Å². The van der Waals surface area contributed by atoms with Gasteiger partial charge in [0.05, 0.1) is 12.6 Å². The number of anilines is 1. The van der Waals surface area contributed by atoms with Gasteiger partial charge in [-0.15, -0.1) is 0 Å². The molecule has 2 aromatic carbocycles. The zero-order valence-corrected chi connectivity index (χ0v) is 16.0. The summed E-state index contributed by atoms with van der Waals surface area (Å²) >= 11 is 6.37. The Bertz CT molecular complexity index is 793. The summed E-state index contributed by atoms with van der Waals surface area (Å²) in [5.41, 5.74) is 4.52. The smallest absolute Gasteiger partial charge is 0.224 e. The fourth-order valence-electron chi connectivity index (χ4n) is 3.46. The summed E-state index contributed by atoms with van der Waals surface area (Å²) in [6, 6.07) is 14.4. The molecule has 1 amide bonds. The molecule has 3 rings (SSSR count). The molecule has 0 saturated carbocycles. The van der Waals surface area contributed by atoms with E-state index in [1.807, 2.05) is 31.2 Å². The molecule has 0 aromatic heterocycles. The van der Waals surface area contributed by atoms with Crippen LogP contribution in [0.3, 0.4) is 0 Å². The number of rotatable bonds is 6. The van der Waals surface area contributed by atoms with Crippen molar-refractivity contribution in [1.29, 1.82) is 0 Å². The maximum atomic E-state index is 12.3. The Morgan fingerprint density at radius 2 is 1.96 bits per heavy atom. The molecule has 1 N–H and O–H groups in total. The Labute approximate surface area is 160 Å². The van der Waals surface area contributed by atoms with Crippen molar-refractivity contribution in [1.82, 2.24) is 4.90 Å². The van der Waals surface area contributed by atoms with Gasteiger partial charge in [0.15, 0.2) is 0 Å². The number of carbonyl (C=O) groups excluding carboxylic acids is 1. The van der Waals surface area contributed by atoms with E-state index in [0.717, 1.165) is 22.8 Å². The molecule has 1 atom stereocenters. The number of β-amino-alcohol motifs (C(OH)–C–C–N with tert-alkyl or cyclic N) is 1. The lowest BCUT2D eigenvalue weighted by Gasteiger charge is -2.32. The minimum absolute atomic E-state index is 0.00733.